The quantitative estimate of drug-likeness (QED) is 0.724. The number of nitrogens with zero attached hydrogens (tertiary/aromatic N) is 3. The largest absolute Gasteiger partial charge is 0.384 e. The van der Waals surface area contributed by atoms with Crippen molar-refractivity contribution in [2.45, 2.75) is 31.8 Å². The first kappa shape index (κ1) is 17.8. The predicted molar refractivity (Wildman–Crippen MR) is 91.3 cm³/mol. The van der Waals surface area contributed by atoms with Crippen molar-refractivity contribution in [2.75, 3.05) is 13.1 Å². The fourth-order valence-electron chi connectivity index (χ4n) is 3.45. The standard InChI is InChI=1S/C19H17F4N3O/c1-11-7-12(17-13(20)3-2-4-14(17)21)18(24-9-11)15-8-16(25-27-15)26-6-5-19(22,23)10-26/h2-4,7,9,15H,5-6,8,10H2,1H3. The van der Waals surface area contributed by atoms with Gasteiger partial charge in [0, 0.05) is 24.7 Å². The molecule has 0 amide bonds. The van der Waals surface area contributed by atoms with Crippen LogP contribution < -0.4 is 0 Å². The first-order valence-corrected chi connectivity index (χ1v) is 8.60. The minimum absolute atomic E-state index is 0.187. The van der Waals surface area contributed by atoms with Crippen LogP contribution in [0.25, 0.3) is 11.1 Å². The Morgan fingerprint density at radius 2 is 1.96 bits per heavy atom. The molecule has 0 radical (unpaired) electrons. The van der Waals surface area contributed by atoms with Gasteiger partial charge < -0.3 is 9.74 Å². The molecule has 4 nitrogen and oxygen atoms in total. The fraction of sp³-hybridized carbons (Fsp3) is 0.368. The number of amidine groups is 1. The third-order valence-corrected chi connectivity index (χ3v) is 4.78. The number of hydrogen-bond acceptors (Lipinski definition) is 4. The monoisotopic (exact) mass is 379 g/mol. The van der Waals surface area contributed by atoms with Crippen LogP contribution in [0, 0.1) is 18.6 Å². The average Bonchev–Trinajstić information content (AvgIpc) is 3.21. The molecule has 2 aliphatic heterocycles. The first-order valence-electron chi connectivity index (χ1n) is 8.60. The molecule has 0 spiro atoms. The molecule has 8 heteroatoms. The highest BCUT2D eigenvalue weighted by Crippen LogP contribution is 2.38. The van der Waals surface area contributed by atoms with Crippen LogP contribution in [0.15, 0.2) is 35.6 Å². The zero-order valence-electron chi connectivity index (χ0n) is 14.6. The number of hydrogen-bond donors (Lipinski definition) is 0. The lowest BCUT2D eigenvalue weighted by Crippen LogP contribution is -2.30. The fourth-order valence-corrected chi connectivity index (χ4v) is 3.45. The molecule has 1 saturated heterocycles. The topological polar surface area (TPSA) is 37.7 Å². The summed E-state index contributed by atoms with van der Waals surface area (Å²) >= 11 is 0. The highest BCUT2D eigenvalue weighted by molar-refractivity contribution is 5.84. The maximum absolute atomic E-state index is 14.3. The predicted octanol–water partition coefficient (Wildman–Crippen LogP) is 4.45. The second-order valence-electron chi connectivity index (χ2n) is 6.88. The summed E-state index contributed by atoms with van der Waals surface area (Å²) in [6.45, 7) is 1.55. The molecule has 142 valence electrons. The smallest absolute Gasteiger partial charge is 0.266 e. The van der Waals surface area contributed by atoms with E-state index in [-0.39, 0.29) is 30.5 Å². The molecule has 0 bridgehead atoms. The van der Waals surface area contributed by atoms with Gasteiger partial charge in [-0.2, -0.15) is 0 Å². The number of halogens is 4. The Labute approximate surface area is 153 Å². The zero-order valence-corrected chi connectivity index (χ0v) is 14.6. The van der Waals surface area contributed by atoms with Gasteiger partial charge in [0.05, 0.1) is 24.2 Å². The zero-order chi connectivity index (χ0) is 19.2. The van der Waals surface area contributed by atoms with Crippen LogP contribution in [0.2, 0.25) is 0 Å². The van der Waals surface area contributed by atoms with E-state index in [0.29, 0.717) is 11.5 Å². The summed E-state index contributed by atoms with van der Waals surface area (Å²) in [4.78, 5) is 11.2. The van der Waals surface area contributed by atoms with Crippen molar-refractivity contribution < 1.29 is 22.4 Å². The number of rotatable bonds is 2. The Balaban J connectivity index is 1.65. The van der Waals surface area contributed by atoms with Gasteiger partial charge in [0.2, 0.25) is 0 Å². The van der Waals surface area contributed by atoms with Crippen molar-refractivity contribution in [3.63, 3.8) is 0 Å². The number of aromatic nitrogens is 1. The molecular formula is C19H17F4N3O. The molecule has 0 N–H and O–H groups in total. The van der Waals surface area contributed by atoms with Crippen molar-refractivity contribution in [2.24, 2.45) is 5.16 Å². The van der Waals surface area contributed by atoms with Crippen LogP contribution in [0.5, 0.6) is 0 Å². The second kappa shape index (κ2) is 6.51. The molecule has 4 rings (SSSR count). The van der Waals surface area contributed by atoms with E-state index in [1.54, 1.807) is 19.2 Å². The molecule has 0 aliphatic carbocycles. The summed E-state index contributed by atoms with van der Waals surface area (Å²) in [5.74, 6) is -3.76. The molecule has 1 aromatic heterocycles. The lowest BCUT2D eigenvalue weighted by Gasteiger charge is -2.17. The SMILES string of the molecule is Cc1cnc(C2CC(N3CCC(F)(F)C3)=NO2)c(-c2c(F)cccc2F)c1. The summed E-state index contributed by atoms with van der Waals surface area (Å²) in [5.41, 5.74) is 1.15. The van der Waals surface area contributed by atoms with E-state index in [1.807, 2.05) is 0 Å². The molecule has 2 aliphatic rings. The van der Waals surface area contributed by atoms with Crippen LogP contribution in [0.1, 0.15) is 30.2 Å². The minimum Gasteiger partial charge on any atom is -0.384 e. The number of pyridine rings is 1. The van der Waals surface area contributed by atoms with Crippen molar-refractivity contribution in [1.82, 2.24) is 9.88 Å². The Bertz CT molecular complexity index is 896. The third-order valence-electron chi connectivity index (χ3n) is 4.78. The lowest BCUT2D eigenvalue weighted by atomic mass is 9.97. The van der Waals surface area contributed by atoms with E-state index >= 15 is 0 Å². The van der Waals surface area contributed by atoms with E-state index in [4.69, 9.17) is 4.84 Å². The third kappa shape index (κ3) is 3.36. The van der Waals surface area contributed by atoms with Crippen molar-refractivity contribution in [3.8, 4) is 11.1 Å². The Morgan fingerprint density at radius 3 is 2.63 bits per heavy atom. The number of alkyl halides is 2. The van der Waals surface area contributed by atoms with Gasteiger partial charge in [-0.3, -0.25) is 4.98 Å². The van der Waals surface area contributed by atoms with Gasteiger partial charge in [-0.05, 0) is 30.7 Å². The summed E-state index contributed by atoms with van der Waals surface area (Å²) < 4.78 is 55.5. The maximum Gasteiger partial charge on any atom is 0.266 e. The highest BCUT2D eigenvalue weighted by atomic mass is 19.3. The van der Waals surface area contributed by atoms with E-state index in [0.717, 1.165) is 5.56 Å². The van der Waals surface area contributed by atoms with Gasteiger partial charge in [-0.1, -0.05) is 11.2 Å². The molecule has 1 fully saturated rings. The van der Waals surface area contributed by atoms with Crippen LogP contribution in [-0.4, -0.2) is 34.7 Å². The number of aryl methyl sites for hydroxylation is 1. The Morgan fingerprint density at radius 1 is 1.22 bits per heavy atom. The van der Waals surface area contributed by atoms with Gasteiger partial charge in [0.15, 0.2) is 6.10 Å². The normalized spacial score (nSPS) is 21.3. The summed E-state index contributed by atoms with van der Waals surface area (Å²) in [7, 11) is 0. The molecule has 1 unspecified atom stereocenters. The van der Waals surface area contributed by atoms with Crippen LogP contribution in [0.3, 0.4) is 0 Å². The summed E-state index contributed by atoms with van der Waals surface area (Å²) in [6, 6.07) is 5.27. The minimum atomic E-state index is -2.75. The molecule has 1 aromatic carbocycles. The summed E-state index contributed by atoms with van der Waals surface area (Å²) in [5, 5.41) is 3.92. The van der Waals surface area contributed by atoms with E-state index in [2.05, 4.69) is 10.1 Å². The molecule has 1 atom stereocenters. The highest BCUT2D eigenvalue weighted by Gasteiger charge is 2.42. The number of benzene rings is 1. The molecule has 2 aromatic rings. The molecule has 27 heavy (non-hydrogen) atoms. The molecular weight excluding hydrogens is 362 g/mol. The van der Waals surface area contributed by atoms with Gasteiger partial charge >= 0.3 is 0 Å². The van der Waals surface area contributed by atoms with Crippen LogP contribution >= 0.6 is 0 Å². The first-order chi connectivity index (χ1) is 12.8. The average molecular weight is 379 g/mol. The number of likely N-dealkylation sites (tertiary alicyclic amines) is 1. The number of oxime groups is 1. The van der Waals surface area contributed by atoms with E-state index in [1.165, 1.54) is 23.1 Å². The Hall–Kier alpha value is -2.64. The van der Waals surface area contributed by atoms with Crippen molar-refractivity contribution >= 4 is 5.84 Å². The molecule has 3 heterocycles. The summed E-state index contributed by atoms with van der Waals surface area (Å²) in [6.07, 6.45) is 0.868. The maximum atomic E-state index is 14.3. The van der Waals surface area contributed by atoms with Crippen molar-refractivity contribution in [1.29, 1.82) is 0 Å². The van der Waals surface area contributed by atoms with Crippen LogP contribution in [0.4, 0.5) is 17.6 Å². The van der Waals surface area contributed by atoms with E-state index in [9.17, 15) is 17.6 Å². The van der Waals surface area contributed by atoms with Gasteiger partial charge in [-0.15, -0.1) is 0 Å². The van der Waals surface area contributed by atoms with Crippen molar-refractivity contribution in [3.05, 3.63) is 53.4 Å². The Kier molecular flexibility index (Phi) is 4.28. The van der Waals surface area contributed by atoms with E-state index < -0.39 is 30.2 Å². The van der Waals surface area contributed by atoms with Crippen LogP contribution in [-0.2, 0) is 4.84 Å². The molecule has 0 saturated carbocycles. The van der Waals surface area contributed by atoms with Gasteiger partial charge in [0.1, 0.15) is 17.5 Å². The second-order valence-corrected chi connectivity index (χ2v) is 6.88. The lowest BCUT2D eigenvalue weighted by molar-refractivity contribution is 0.0174. The van der Waals surface area contributed by atoms with Gasteiger partial charge in [-0.25, -0.2) is 17.6 Å². The van der Waals surface area contributed by atoms with Gasteiger partial charge in [0.25, 0.3) is 5.92 Å².